The molecule has 1 N–H and O–H groups in total. The molecule has 0 aromatic heterocycles. The summed E-state index contributed by atoms with van der Waals surface area (Å²) in [6.07, 6.45) is 0.195. The van der Waals surface area contributed by atoms with Gasteiger partial charge in [-0.3, -0.25) is 9.59 Å². The van der Waals surface area contributed by atoms with E-state index in [0.29, 0.717) is 23.8 Å². The molecule has 0 unspecified atom stereocenters. The van der Waals surface area contributed by atoms with Gasteiger partial charge in [-0.25, -0.2) is 0 Å². The Bertz CT molecular complexity index is 707. The number of carbonyl (C=O) groups excluding carboxylic acids is 2. The molecule has 0 fully saturated rings. The molecule has 132 valence electrons. The Morgan fingerprint density at radius 1 is 1.32 bits per heavy atom. The van der Waals surface area contributed by atoms with E-state index in [0.717, 1.165) is 23.1 Å². The van der Waals surface area contributed by atoms with Crippen molar-refractivity contribution in [2.45, 2.75) is 26.2 Å². The Kier molecular flexibility index (Phi) is 6.90. The van der Waals surface area contributed by atoms with Gasteiger partial charge in [0.25, 0.3) is 0 Å². The van der Waals surface area contributed by atoms with Crippen LogP contribution in [-0.2, 0) is 14.3 Å². The number of benzene rings is 1. The van der Waals surface area contributed by atoms with Crippen molar-refractivity contribution >= 4 is 23.6 Å². The topological polar surface area (TPSA) is 88.4 Å². The van der Waals surface area contributed by atoms with Gasteiger partial charge in [-0.15, -0.1) is 0 Å². The van der Waals surface area contributed by atoms with Gasteiger partial charge < -0.3 is 14.8 Å². The van der Waals surface area contributed by atoms with Crippen molar-refractivity contribution in [2.75, 3.05) is 19.0 Å². The second-order valence-electron chi connectivity index (χ2n) is 5.26. The minimum atomic E-state index is -0.380. The first-order chi connectivity index (χ1) is 12.1. The van der Waals surface area contributed by atoms with Gasteiger partial charge >= 0.3 is 5.97 Å². The van der Waals surface area contributed by atoms with E-state index in [4.69, 9.17) is 9.47 Å². The van der Waals surface area contributed by atoms with Crippen LogP contribution in [0, 0.1) is 11.3 Å². The number of hydrogen-bond donors (Lipinski definition) is 1. The molecule has 1 aliphatic heterocycles. The van der Waals surface area contributed by atoms with Crippen LogP contribution in [-0.4, -0.2) is 30.8 Å². The van der Waals surface area contributed by atoms with Crippen LogP contribution >= 0.6 is 11.8 Å². The Morgan fingerprint density at radius 2 is 2.04 bits per heavy atom. The molecule has 1 atom stereocenters. The van der Waals surface area contributed by atoms with Crippen molar-refractivity contribution in [3.05, 3.63) is 40.4 Å². The predicted octanol–water partition coefficient (Wildman–Crippen LogP) is 2.72. The summed E-state index contributed by atoms with van der Waals surface area (Å²) in [5.74, 6) is -0.103. The highest BCUT2D eigenvalue weighted by atomic mass is 32.2. The van der Waals surface area contributed by atoms with Crippen LogP contribution in [0.4, 0.5) is 0 Å². The number of rotatable bonds is 7. The lowest BCUT2D eigenvalue weighted by Gasteiger charge is -2.25. The monoisotopic (exact) mass is 360 g/mol. The molecule has 7 heteroatoms. The summed E-state index contributed by atoms with van der Waals surface area (Å²) < 4.78 is 10.3. The predicted molar refractivity (Wildman–Crippen MR) is 94.8 cm³/mol. The molecule has 0 aliphatic carbocycles. The normalized spacial score (nSPS) is 16.8. The van der Waals surface area contributed by atoms with Gasteiger partial charge in [0.2, 0.25) is 5.91 Å². The Morgan fingerprint density at radius 3 is 2.64 bits per heavy atom. The molecule has 1 aromatic rings. The fraction of sp³-hybridized carbons (Fsp3) is 0.389. The molecule has 0 saturated carbocycles. The number of nitriles is 1. The van der Waals surface area contributed by atoms with Crippen molar-refractivity contribution in [2.24, 2.45) is 0 Å². The van der Waals surface area contributed by atoms with Crippen molar-refractivity contribution in [3.63, 3.8) is 0 Å². The zero-order chi connectivity index (χ0) is 18.2. The van der Waals surface area contributed by atoms with Crippen molar-refractivity contribution < 1.29 is 19.1 Å². The maximum atomic E-state index is 12.0. The molecule has 0 radical (unpaired) electrons. The van der Waals surface area contributed by atoms with Gasteiger partial charge in [0.1, 0.15) is 5.75 Å². The SMILES string of the molecule is CCOC(=O)CSC1=C(C#N)[C@@H](c2ccc(OCC)cc2)CC(=O)N1. The lowest BCUT2D eigenvalue weighted by Crippen LogP contribution is -2.31. The van der Waals surface area contributed by atoms with Crippen LogP contribution in [0.25, 0.3) is 0 Å². The average molecular weight is 360 g/mol. The second-order valence-corrected chi connectivity index (χ2v) is 6.24. The first kappa shape index (κ1) is 18.9. The molecule has 0 saturated heterocycles. The number of allylic oxidation sites excluding steroid dienone is 1. The van der Waals surface area contributed by atoms with Crippen molar-refractivity contribution in [1.82, 2.24) is 5.32 Å². The Labute approximate surface area is 151 Å². The van der Waals surface area contributed by atoms with Gasteiger partial charge in [-0.05, 0) is 31.5 Å². The first-order valence-corrected chi connectivity index (χ1v) is 9.02. The van der Waals surface area contributed by atoms with Crippen LogP contribution < -0.4 is 10.1 Å². The second kappa shape index (κ2) is 9.14. The van der Waals surface area contributed by atoms with Crippen LogP contribution in [0.5, 0.6) is 5.75 Å². The lowest BCUT2D eigenvalue weighted by molar-refractivity contribution is -0.139. The van der Waals surface area contributed by atoms with Gasteiger partial charge in [0, 0.05) is 12.3 Å². The van der Waals surface area contributed by atoms with Crippen LogP contribution in [0.3, 0.4) is 0 Å². The summed E-state index contributed by atoms with van der Waals surface area (Å²) in [6, 6.07) is 9.55. The molecule has 1 aliphatic rings. The summed E-state index contributed by atoms with van der Waals surface area (Å²) >= 11 is 1.12. The number of carbonyl (C=O) groups is 2. The van der Waals surface area contributed by atoms with E-state index in [-0.39, 0.29) is 30.0 Å². The molecule has 2 rings (SSSR count). The largest absolute Gasteiger partial charge is 0.494 e. The zero-order valence-corrected chi connectivity index (χ0v) is 15.0. The number of nitrogens with one attached hydrogen (secondary N) is 1. The highest BCUT2D eigenvalue weighted by Gasteiger charge is 2.30. The van der Waals surface area contributed by atoms with Crippen LogP contribution in [0.15, 0.2) is 34.9 Å². The fourth-order valence-electron chi connectivity index (χ4n) is 2.51. The van der Waals surface area contributed by atoms with E-state index >= 15 is 0 Å². The highest BCUT2D eigenvalue weighted by Crippen LogP contribution is 2.36. The molecule has 1 amide bonds. The number of nitrogens with zero attached hydrogens (tertiary/aromatic N) is 1. The summed E-state index contributed by atoms with van der Waals surface area (Å²) in [6.45, 7) is 4.50. The van der Waals surface area contributed by atoms with E-state index in [1.807, 2.05) is 31.2 Å². The summed E-state index contributed by atoms with van der Waals surface area (Å²) in [7, 11) is 0. The third-order valence-electron chi connectivity index (χ3n) is 3.59. The molecule has 1 aromatic carbocycles. The maximum absolute atomic E-state index is 12.0. The van der Waals surface area contributed by atoms with E-state index < -0.39 is 0 Å². The number of thioether (sulfide) groups is 1. The maximum Gasteiger partial charge on any atom is 0.316 e. The fourth-order valence-corrected chi connectivity index (χ4v) is 3.39. The van der Waals surface area contributed by atoms with Crippen LogP contribution in [0.1, 0.15) is 31.7 Å². The molecular weight excluding hydrogens is 340 g/mol. The molecule has 0 spiro atoms. The van der Waals surface area contributed by atoms with E-state index in [9.17, 15) is 14.9 Å². The number of amides is 1. The zero-order valence-electron chi connectivity index (χ0n) is 14.2. The molecule has 25 heavy (non-hydrogen) atoms. The van der Waals surface area contributed by atoms with Gasteiger partial charge in [-0.2, -0.15) is 5.26 Å². The van der Waals surface area contributed by atoms with Gasteiger partial charge in [0.15, 0.2) is 0 Å². The van der Waals surface area contributed by atoms with Crippen molar-refractivity contribution in [1.29, 1.82) is 5.26 Å². The molecular formula is C18H20N2O4S. The minimum absolute atomic E-state index is 0.0463. The van der Waals surface area contributed by atoms with Crippen LogP contribution in [0.2, 0.25) is 0 Å². The van der Waals surface area contributed by atoms with E-state index in [1.54, 1.807) is 6.92 Å². The third kappa shape index (κ3) is 5.00. The first-order valence-electron chi connectivity index (χ1n) is 8.04. The van der Waals surface area contributed by atoms with E-state index in [1.165, 1.54) is 0 Å². The van der Waals surface area contributed by atoms with Gasteiger partial charge in [-0.1, -0.05) is 23.9 Å². The van der Waals surface area contributed by atoms with Gasteiger partial charge in [0.05, 0.1) is 35.6 Å². The third-order valence-corrected chi connectivity index (χ3v) is 4.58. The number of esters is 1. The molecule has 0 bridgehead atoms. The summed E-state index contributed by atoms with van der Waals surface area (Å²) in [5.41, 5.74) is 1.32. The number of ether oxygens (including phenoxy) is 2. The molecule has 6 nitrogen and oxygen atoms in total. The summed E-state index contributed by atoms with van der Waals surface area (Å²) in [5, 5.41) is 12.7. The lowest BCUT2D eigenvalue weighted by atomic mass is 9.87. The smallest absolute Gasteiger partial charge is 0.316 e. The minimum Gasteiger partial charge on any atom is -0.494 e. The van der Waals surface area contributed by atoms with Crippen molar-refractivity contribution in [3.8, 4) is 11.8 Å². The quantitative estimate of drug-likeness (QED) is 0.752. The number of hydrogen-bond acceptors (Lipinski definition) is 6. The highest BCUT2D eigenvalue weighted by molar-refractivity contribution is 8.03. The molecule has 1 heterocycles. The average Bonchev–Trinajstić information content (AvgIpc) is 2.60. The Hall–Kier alpha value is -2.46. The Balaban J connectivity index is 2.23. The summed E-state index contributed by atoms with van der Waals surface area (Å²) in [4.78, 5) is 23.6. The van der Waals surface area contributed by atoms with E-state index in [2.05, 4.69) is 11.4 Å². The standard InChI is InChI=1S/C18H20N2O4S/c1-3-23-13-7-5-12(6-8-13)14-9-16(21)20-18(15(14)10-19)25-11-17(22)24-4-2/h5-8,14H,3-4,9,11H2,1-2H3,(H,20,21)/t14-/m1/s1.